The topological polar surface area (TPSA) is 55.3 Å². The lowest BCUT2D eigenvalue weighted by molar-refractivity contribution is -0.154. The summed E-state index contributed by atoms with van der Waals surface area (Å²) >= 11 is 5.93. The van der Waals surface area contributed by atoms with Gasteiger partial charge in [-0.3, -0.25) is 9.78 Å². The summed E-state index contributed by atoms with van der Waals surface area (Å²) in [6, 6.07) is 4.92. The van der Waals surface area contributed by atoms with Crippen LogP contribution in [0.4, 0.5) is 13.2 Å². The van der Waals surface area contributed by atoms with Crippen molar-refractivity contribution in [2.24, 2.45) is 0 Å². The molecule has 2 aromatic heterocycles. The van der Waals surface area contributed by atoms with Gasteiger partial charge >= 0.3 is 6.18 Å². The number of hydrogen-bond acceptors (Lipinski definition) is 4. The fourth-order valence-electron chi connectivity index (χ4n) is 2.91. The third-order valence-electron chi connectivity index (χ3n) is 4.03. The minimum Gasteiger partial charge on any atom is -0.467 e. The first-order valence-corrected chi connectivity index (χ1v) is 8.29. The van der Waals surface area contributed by atoms with E-state index in [1.807, 2.05) is 12.1 Å². The van der Waals surface area contributed by atoms with Crippen molar-refractivity contribution in [2.45, 2.75) is 25.1 Å². The molecule has 26 heavy (non-hydrogen) atoms. The lowest BCUT2D eigenvalue weighted by Crippen LogP contribution is -2.30. The second-order valence-electron chi connectivity index (χ2n) is 5.85. The van der Waals surface area contributed by atoms with E-state index in [1.165, 1.54) is 12.3 Å². The van der Waals surface area contributed by atoms with E-state index in [4.69, 9.17) is 11.6 Å². The highest BCUT2D eigenvalue weighted by Gasteiger charge is 2.32. The molecule has 1 aliphatic heterocycles. The number of aromatic nitrogens is 2. The normalized spacial score (nSPS) is 17.4. The molecule has 1 amide bonds. The standard InChI is InChI=1S/C17H15ClF3N3O2/c18-13-8-12(9-23-15(13)26-10-17(19,20)21)16(25)24-7-1-2-14(24)11-3-5-22-6-4-11/h3-6,8-9,14H,1-2,7,10H2/t14-/m0/s1. The largest absolute Gasteiger partial charge is 0.467 e. The van der Waals surface area contributed by atoms with E-state index in [0.717, 1.165) is 18.4 Å². The molecule has 0 bridgehead atoms. The molecule has 0 N–H and O–H groups in total. The van der Waals surface area contributed by atoms with Gasteiger partial charge in [-0.05, 0) is 36.6 Å². The number of pyridine rings is 2. The van der Waals surface area contributed by atoms with Crippen LogP contribution in [0.5, 0.6) is 5.88 Å². The van der Waals surface area contributed by atoms with E-state index in [-0.39, 0.29) is 28.4 Å². The first-order valence-electron chi connectivity index (χ1n) is 7.91. The van der Waals surface area contributed by atoms with E-state index in [1.54, 1.807) is 17.3 Å². The van der Waals surface area contributed by atoms with Crippen LogP contribution in [0.25, 0.3) is 0 Å². The Bertz CT molecular complexity index is 787. The van der Waals surface area contributed by atoms with Gasteiger partial charge in [0.05, 0.1) is 11.6 Å². The van der Waals surface area contributed by atoms with Crippen molar-refractivity contribution in [3.8, 4) is 5.88 Å². The Balaban J connectivity index is 1.76. The number of amides is 1. The minimum atomic E-state index is -4.49. The maximum absolute atomic E-state index is 12.8. The second kappa shape index (κ2) is 7.49. The first kappa shape index (κ1) is 18.4. The maximum Gasteiger partial charge on any atom is 0.422 e. The molecule has 5 nitrogen and oxygen atoms in total. The molecule has 0 aromatic carbocycles. The Morgan fingerprint density at radius 3 is 2.73 bits per heavy atom. The highest BCUT2D eigenvalue weighted by atomic mass is 35.5. The molecule has 0 aliphatic carbocycles. The molecule has 0 spiro atoms. The fourth-order valence-corrected chi connectivity index (χ4v) is 3.13. The van der Waals surface area contributed by atoms with E-state index >= 15 is 0 Å². The zero-order chi connectivity index (χ0) is 18.7. The van der Waals surface area contributed by atoms with Crippen LogP contribution in [0.1, 0.15) is 34.8 Å². The average molecular weight is 386 g/mol. The van der Waals surface area contributed by atoms with Crippen molar-refractivity contribution in [1.82, 2.24) is 14.9 Å². The highest BCUT2D eigenvalue weighted by molar-refractivity contribution is 6.32. The summed E-state index contributed by atoms with van der Waals surface area (Å²) in [6.07, 6.45) is 1.70. The molecule has 0 saturated carbocycles. The number of carbonyl (C=O) groups excluding carboxylic acids is 1. The molecule has 9 heteroatoms. The van der Waals surface area contributed by atoms with Gasteiger partial charge in [0.2, 0.25) is 5.88 Å². The first-order chi connectivity index (χ1) is 12.3. The van der Waals surface area contributed by atoms with E-state index < -0.39 is 12.8 Å². The summed E-state index contributed by atoms with van der Waals surface area (Å²) in [6.45, 7) is -0.918. The monoisotopic (exact) mass is 385 g/mol. The van der Waals surface area contributed by atoms with Gasteiger partial charge < -0.3 is 9.64 Å². The van der Waals surface area contributed by atoms with Gasteiger partial charge in [0.15, 0.2) is 6.61 Å². The predicted molar refractivity (Wildman–Crippen MR) is 88.0 cm³/mol. The molecule has 2 aromatic rings. The number of ether oxygens (including phenoxy) is 1. The lowest BCUT2D eigenvalue weighted by atomic mass is 10.1. The van der Waals surface area contributed by atoms with Crippen LogP contribution in [0, 0.1) is 0 Å². The quantitative estimate of drug-likeness (QED) is 0.796. The Hall–Kier alpha value is -2.35. The second-order valence-corrected chi connectivity index (χ2v) is 6.26. The van der Waals surface area contributed by atoms with Crippen LogP contribution < -0.4 is 4.74 Å². The zero-order valence-corrected chi connectivity index (χ0v) is 14.3. The molecule has 0 radical (unpaired) electrons. The molecular formula is C17H15ClF3N3O2. The average Bonchev–Trinajstić information content (AvgIpc) is 3.09. The van der Waals surface area contributed by atoms with Gasteiger partial charge in [-0.2, -0.15) is 13.2 Å². The minimum absolute atomic E-state index is 0.0783. The zero-order valence-electron chi connectivity index (χ0n) is 13.5. The Morgan fingerprint density at radius 1 is 1.35 bits per heavy atom. The third-order valence-corrected chi connectivity index (χ3v) is 4.30. The molecule has 3 heterocycles. The van der Waals surface area contributed by atoms with Crippen LogP contribution in [0.3, 0.4) is 0 Å². The van der Waals surface area contributed by atoms with Gasteiger partial charge in [0.1, 0.15) is 5.02 Å². The maximum atomic E-state index is 12.8. The molecule has 1 atom stereocenters. The summed E-state index contributed by atoms with van der Waals surface area (Å²) in [5.41, 5.74) is 1.19. The molecular weight excluding hydrogens is 371 g/mol. The number of carbonyl (C=O) groups is 1. The Morgan fingerprint density at radius 2 is 2.08 bits per heavy atom. The number of nitrogens with zero attached hydrogens (tertiary/aromatic N) is 3. The molecule has 1 saturated heterocycles. The number of alkyl halides is 3. The lowest BCUT2D eigenvalue weighted by Gasteiger charge is -2.25. The van der Waals surface area contributed by atoms with E-state index in [9.17, 15) is 18.0 Å². The number of hydrogen-bond donors (Lipinski definition) is 0. The van der Waals surface area contributed by atoms with Crippen LogP contribution >= 0.6 is 11.6 Å². The van der Waals surface area contributed by atoms with Crippen LogP contribution in [0.15, 0.2) is 36.8 Å². The summed E-state index contributed by atoms with van der Waals surface area (Å²) < 4.78 is 41.2. The van der Waals surface area contributed by atoms with Crippen molar-refractivity contribution >= 4 is 17.5 Å². The van der Waals surface area contributed by atoms with Crippen molar-refractivity contribution in [1.29, 1.82) is 0 Å². The SMILES string of the molecule is O=C(c1cnc(OCC(F)(F)F)c(Cl)c1)N1CCC[C@H]1c1ccncc1. The summed E-state index contributed by atoms with van der Waals surface area (Å²) in [5, 5.41) is -0.139. The van der Waals surface area contributed by atoms with Gasteiger partial charge in [-0.15, -0.1) is 0 Å². The highest BCUT2D eigenvalue weighted by Crippen LogP contribution is 2.33. The summed E-state index contributed by atoms with van der Waals surface area (Å²) in [7, 11) is 0. The van der Waals surface area contributed by atoms with Gasteiger partial charge in [0, 0.05) is 25.1 Å². The van der Waals surface area contributed by atoms with E-state index in [2.05, 4.69) is 14.7 Å². The van der Waals surface area contributed by atoms with Crippen LogP contribution in [-0.4, -0.2) is 40.1 Å². The van der Waals surface area contributed by atoms with Crippen molar-refractivity contribution < 1.29 is 22.7 Å². The van der Waals surface area contributed by atoms with E-state index in [0.29, 0.717) is 6.54 Å². The predicted octanol–water partition coefficient (Wildman–Crippen LogP) is 4.05. The van der Waals surface area contributed by atoms with Crippen molar-refractivity contribution in [3.63, 3.8) is 0 Å². The summed E-state index contributed by atoms with van der Waals surface area (Å²) in [5.74, 6) is -0.631. The molecule has 1 fully saturated rings. The number of halogens is 4. The molecule has 1 aliphatic rings. The molecule has 3 rings (SSSR count). The van der Waals surface area contributed by atoms with Crippen LogP contribution in [-0.2, 0) is 0 Å². The third kappa shape index (κ3) is 4.24. The summed E-state index contributed by atoms with van der Waals surface area (Å²) in [4.78, 5) is 22.2. The van der Waals surface area contributed by atoms with Crippen molar-refractivity contribution in [3.05, 3.63) is 52.9 Å². The Kier molecular flexibility index (Phi) is 5.31. The number of rotatable bonds is 4. The van der Waals surface area contributed by atoms with Gasteiger partial charge in [-0.1, -0.05) is 11.6 Å². The molecule has 0 unspecified atom stereocenters. The Labute approximate surface area is 152 Å². The molecule has 138 valence electrons. The fraction of sp³-hybridized carbons (Fsp3) is 0.353. The smallest absolute Gasteiger partial charge is 0.422 e. The number of likely N-dealkylation sites (tertiary alicyclic amines) is 1. The van der Waals surface area contributed by atoms with Crippen molar-refractivity contribution in [2.75, 3.05) is 13.2 Å². The van der Waals surface area contributed by atoms with Crippen LogP contribution in [0.2, 0.25) is 5.02 Å². The van der Waals surface area contributed by atoms with Gasteiger partial charge in [0.25, 0.3) is 5.91 Å². The van der Waals surface area contributed by atoms with Gasteiger partial charge in [-0.25, -0.2) is 4.98 Å².